The molecule has 3 heterocycles. The van der Waals surface area contributed by atoms with Crippen molar-refractivity contribution in [1.82, 2.24) is 19.6 Å². The molecular formula is C17H19N5O. The number of ether oxygens (including phenoxy) is 1. The lowest BCUT2D eigenvalue weighted by molar-refractivity contribution is 0.414. The zero-order valence-electron chi connectivity index (χ0n) is 13.3. The number of hydrogen-bond acceptors (Lipinski definition) is 5. The van der Waals surface area contributed by atoms with Gasteiger partial charge >= 0.3 is 0 Å². The average molecular weight is 309 g/mol. The summed E-state index contributed by atoms with van der Waals surface area (Å²) >= 11 is 0. The van der Waals surface area contributed by atoms with Crippen LogP contribution in [-0.2, 0) is 0 Å². The van der Waals surface area contributed by atoms with Crippen molar-refractivity contribution in [3.63, 3.8) is 0 Å². The Kier molecular flexibility index (Phi) is 3.37. The second-order valence-corrected chi connectivity index (χ2v) is 5.85. The Labute approximate surface area is 134 Å². The van der Waals surface area contributed by atoms with Gasteiger partial charge in [-0.15, -0.1) is 0 Å². The third-order valence-corrected chi connectivity index (χ3v) is 4.41. The third-order valence-electron chi connectivity index (χ3n) is 4.41. The van der Waals surface area contributed by atoms with Gasteiger partial charge in [-0.1, -0.05) is 12.1 Å². The zero-order valence-corrected chi connectivity index (χ0v) is 13.3. The normalized spacial score (nSPS) is 17.8. The van der Waals surface area contributed by atoms with Crippen LogP contribution < -0.4 is 9.64 Å². The van der Waals surface area contributed by atoms with Crippen LogP contribution >= 0.6 is 0 Å². The van der Waals surface area contributed by atoms with Crippen LogP contribution in [0.4, 0.5) is 5.82 Å². The standard InChI is InChI=1S/C17H19N5O/c1-12-10-16(22-17(20-12)18-11-19-22)21-9-3-4-15(21)13-5-7-14(23-2)8-6-13/h5-8,10-11,15H,3-4,9H2,1-2H3/t15-/m0/s1. The van der Waals surface area contributed by atoms with E-state index in [9.17, 15) is 0 Å². The van der Waals surface area contributed by atoms with Gasteiger partial charge in [0.25, 0.3) is 5.78 Å². The predicted molar refractivity (Wildman–Crippen MR) is 87.8 cm³/mol. The van der Waals surface area contributed by atoms with Gasteiger partial charge in [-0.2, -0.15) is 14.6 Å². The van der Waals surface area contributed by atoms with Crippen molar-refractivity contribution in [3.05, 3.63) is 47.9 Å². The van der Waals surface area contributed by atoms with E-state index in [0.29, 0.717) is 11.8 Å². The van der Waals surface area contributed by atoms with Crippen molar-refractivity contribution >= 4 is 11.6 Å². The number of aryl methyl sites for hydroxylation is 1. The number of nitrogens with zero attached hydrogens (tertiary/aromatic N) is 5. The minimum atomic E-state index is 0.343. The molecule has 0 spiro atoms. The average Bonchev–Trinajstić information content (AvgIpc) is 3.23. The first-order valence-electron chi connectivity index (χ1n) is 7.84. The summed E-state index contributed by atoms with van der Waals surface area (Å²) in [4.78, 5) is 11.1. The largest absolute Gasteiger partial charge is 0.497 e. The fraction of sp³-hybridized carbons (Fsp3) is 0.353. The van der Waals surface area contributed by atoms with E-state index in [1.165, 1.54) is 5.56 Å². The second-order valence-electron chi connectivity index (χ2n) is 5.85. The van der Waals surface area contributed by atoms with E-state index < -0.39 is 0 Å². The first-order chi connectivity index (χ1) is 11.3. The first kappa shape index (κ1) is 14.0. The Hall–Kier alpha value is -2.63. The maximum atomic E-state index is 5.26. The van der Waals surface area contributed by atoms with E-state index in [-0.39, 0.29) is 0 Å². The summed E-state index contributed by atoms with van der Waals surface area (Å²) in [5.41, 5.74) is 2.26. The van der Waals surface area contributed by atoms with Crippen LogP contribution in [-0.4, -0.2) is 33.2 Å². The number of methoxy groups -OCH3 is 1. The van der Waals surface area contributed by atoms with Gasteiger partial charge in [0.2, 0.25) is 0 Å². The molecule has 1 fully saturated rings. The molecule has 3 aromatic rings. The Morgan fingerprint density at radius 2 is 2.04 bits per heavy atom. The van der Waals surface area contributed by atoms with Gasteiger partial charge in [0.1, 0.15) is 17.9 Å². The Balaban J connectivity index is 1.75. The molecule has 0 amide bonds. The summed E-state index contributed by atoms with van der Waals surface area (Å²) < 4.78 is 7.09. The molecule has 1 atom stereocenters. The summed E-state index contributed by atoms with van der Waals surface area (Å²) in [6.45, 7) is 3.01. The van der Waals surface area contributed by atoms with E-state index in [4.69, 9.17) is 4.74 Å². The highest BCUT2D eigenvalue weighted by Crippen LogP contribution is 2.36. The molecule has 1 aliphatic rings. The lowest BCUT2D eigenvalue weighted by Gasteiger charge is -2.27. The van der Waals surface area contributed by atoms with Crippen molar-refractivity contribution in [3.8, 4) is 5.75 Å². The van der Waals surface area contributed by atoms with Gasteiger partial charge in [-0.25, -0.2) is 4.98 Å². The van der Waals surface area contributed by atoms with Crippen LogP contribution in [0.25, 0.3) is 5.78 Å². The summed E-state index contributed by atoms with van der Waals surface area (Å²) in [7, 11) is 1.69. The highest BCUT2D eigenvalue weighted by Gasteiger charge is 2.28. The van der Waals surface area contributed by atoms with Crippen molar-refractivity contribution in [1.29, 1.82) is 0 Å². The molecule has 118 valence electrons. The summed E-state index contributed by atoms with van der Waals surface area (Å²) in [5.74, 6) is 2.60. The molecule has 1 aromatic carbocycles. The van der Waals surface area contributed by atoms with Crippen LogP contribution in [0.3, 0.4) is 0 Å². The van der Waals surface area contributed by atoms with Gasteiger partial charge in [0, 0.05) is 18.3 Å². The van der Waals surface area contributed by atoms with Crippen LogP contribution in [0.2, 0.25) is 0 Å². The van der Waals surface area contributed by atoms with E-state index in [2.05, 4.69) is 38.2 Å². The van der Waals surface area contributed by atoms with E-state index in [1.54, 1.807) is 13.4 Å². The van der Waals surface area contributed by atoms with Gasteiger partial charge in [0.15, 0.2) is 0 Å². The molecule has 23 heavy (non-hydrogen) atoms. The minimum absolute atomic E-state index is 0.343. The Bertz CT molecular complexity index is 827. The molecule has 6 nitrogen and oxygen atoms in total. The Morgan fingerprint density at radius 3 is 2.83 bits per heavy atom. The predicted octanol–water partition coefficient (Wildman–Crippen LogP) is 2.78. The number of fused-ring (bicyclic) bond motifs is 1. The van der Waals surface area contributed by atoms with E-state index in [1.807, 2.05) is 23.6 Å². The molecule has 1 saturated heterocycles. The fourth-order valence-corrected chi connectivity index (χ4v) is 3.33. The van der Waals surface area contributed by atoms with Crippen LogP contribution in [0.5, 0.6) is 5.75 Å². The van der Waals surface area contributed by atoms with Gasteiger partial charge in [-0.05, 0) is 37.5 Å². The van der Waals surface area contributed by atoms with E-state index >= 15 is 0 Å². The summed E-state index contributed by atoms with van der Waals surface area (Å²) in [6, 6.07) is 10.8. The van der Waals surface area contributed by atoms with Crippen molar-refractivity contribution in [2.24, 2.45) is 0 Å². The third kappa shape index (κ3) is 2.40. The molecule has 0 radical (unpaired) electrons. The summed E-state index contributed by atoms with van der Waals surface area (Å²) in [5, 5.41) is 4.34. The van der Waals surface area contributed by atoms with Gasteiger partial charge in [0.05, 0.1) is 13.2 Å². The van der Waals surface area contributed by atoms with Crippen LogP contribution in [0, 0.1) is 6.92 Å². The van der Waals surface area contributed by atoms with Crippen molar-refractivity contribution in [2.45, 2.75) is 25.8 Å². The topological polar surface area (TPSA) is 55.5 Å². The van der Waals surface area contributed by atoms with Crippen molar-refractivity contribution in [2.75, 3.05) is 18.6 Å². The fourth-order valence-electron chi connectivity index (χ4n) is 3.33. The molecule has 0 saturated carbocycles. The monoisotopic (exact) mass is 309 g/mol. The molecule has 2 aromatic heterocycles. The number of rotatable bonds is 3. The minimum Gasteiger partial charge on any atom is -0.497 e. The molecule has 0 N–H and O–H groups in total. The lowest BCUT2D eigenvalue weighted by atomic mass is 10.0. The molecule has 0 unspecified atom stereocenters. The first-order valence-corrected chi connectivity index (χ1v) is 7.84. The highest BCUT2D eigenvalue weighted by atomic mass is 16.5. The quantitative estimate of drug-likeness (QED) is 0.744. The number of anilines is 1. The molecule has 1 aliphatic heterocycles. The van der Waals surface area contributed by atoms with E-state index in [0.717, 1.165) is 36.6 Å². The smallest absolute Gasteiger partial charge is 0.254 e. The SMILES string of the molecule is COc1ccc([C@@H]2CCCN2c2cc(C)nc3ncnn23)cc1. The van der Waals surface area contributed by atoms with Gasteiger partial charge < -0.3 is 9.64 Å². The molecular weight excluding hydrogens is 290 g/mol. The number of aromatic nitrogens is 4. The highest BCUT2D eigenvalue weighted by molar-refractivity contribution is 5.50. The number of hydrogen-bond donors (Lipinski definition) is 0. The van der Waals surface area contributed by atoms with Crippen LogP contribution in [0.1, 0.15) is 30.1 Å². The number of benzene rings is 1. The van der Waals surface area contributed by atoms with Crippen LogP contribution in [0.15, 0.2) is 36.7 Å². The van der Waals surface area contributed by atoms with Gasteiger partial charge in [-0.3, -0.25) is 0 Å². The molecule has 0 aliphatic carbocycles. The molecule has 4 rings (SSSR count). The lowest BCUT2D eigenvalue weighted by Crippen LogP contribution is -2.25. The van der Waals surface area contributed by atoms with Crippen molar-refractivity contribution < 1.29 is 4.74 Å². The maximum Gasteiger partial charge on any atom is 0.254 e. The second kappa shape index (κ2) is 5.53. The zero-order chi connectivity index (χ0) is 15.8. The maximum absolute atomic E-state index is 5.26. The Morgan fingerprint density at radius 1 is 1.22 bits per heavy atom. The molecule has 0 bridgehead atoms. The summed E-state index contributed by atoms with van der Waals surface area (Å²) in [6.07, 6.45) is 3.85. The molecule has 6 heteroatoms.